The van der Waals surface area contributed by atoms with E-state index in [9.17, 15) is 9.90 Å². The molecule has 1 N–H and O–H groups in total. The van der Waals surface area contributed by atoms with Crippen molar-refractivity contribution in [3.05, 3.63) is 53.6 Å². The van der Waals surface area contributed by atoms with E-state index in [1.165, 1.54) is 13.2 Å². The van der Waals surface area contributed by atoms with Crippen LogP contribution in [-0.2, 0) is 15.9 Å². The van der Waals surface area contributed by atoms with E-state index < -0.39 is 17.2 Å². The van der Waals surface area contributed by atoms with E-state index in [1.807, 2.05) is 38.7 Å². The first-order chi connectivity index (χ1) is 27.9. The highest BCUT2D eigenvalue weighted by molar-refractivity contribution is 6.03. The molecule has 1 aliphatic carbocycles. The van der Waals surface area contributed by atoms with E-state index in [2.05, 4.69) is 15.9 Å². The molecule has 13 nitrogen and oxygen atoms in total. The van der Waals surface area contributed by atoms with Gasteiger partial charge in [0.15, 0.2) is 12.6 Å². The molecule has 1 saturated carbocycles. The highest BCUT2D eigenvalue weighted by Crippen LogP contribution is 2.49. The Hall–Kier alpha value is -4.86. The van der Waals surface area contributed by atoms with Crippen molar-refractivity contribution in [1.82, 2.24) is 24.8 Å². The standard InChI is InChI=1S/C43H50F2N6O7/c1-6-28-30(44)11-9-24-16-27(57-23-54-5)17-29(33(24)28)36-35(45)37-34-38(48-40(47-37)56-22-43(13-14-43)21-49-15-7-8-26(49)19-52)50-18-25-10-12-31(32(50)20-55-39(34)46-36)51(25)41(53)58-42(2,3)4/h7-9,11,16-17,25-26,31-32,52H,6,10,12-15,18-23H2,1-5H3/t25-,26+,31+,32-/m1/s1. The van der Waals surface area contributed by atoms with Crippen molar-refractivity contribution in [2.24, 2.45) is 5.41 Å². The molecule has 4 atom stereocenters. The zero-order valence-electron chi connectivity index (χ0n) is 33.6. The molecule has 2 aromatic carbocycles. The molecule has 9 rings (SSSR count). The first-order valence-electron chi connectivity index (χ1n) is 20.2. The van der Waals surface area contributed by atoms with Gasteiger partial charge in [-0.15, -0.1) is 0 Å². The van der Waals surface area contributed by atoms with E-state index in [0.717, 1.165) is 38.8 Å². The lowest BCUT2D eigenvalue weighted by Gasteiger charge is -2.46. The number of ether oxygens (including phenoxy) is 5. The second-order valence-corrected chi connectivity index (χ2v) is 17.2. The molecule has 58 heavy (non-hydrogen) atoms. The van der Waals surface area contributed by atoms with Crippen molar-refractivity contribution >= 4 is 33.6 Å². The molecule has 0 radical (unpaired) electrons. The fraction of sp³-hybridized carbons (Fsp3) is 0.535. The third kappa shape index (κ3) is 6.84. The number of carbonyl (C=O) groups excluding carboxylic acids is 1. The molecule has 2 saturated heterocycles. The Bertz CT molecular complexity index is 2300. The van der Waals surface area contributed by atoms with E-state index in [0.29, 0.717) is 58.4 Å². The van der Waals surface area contributed by atoms with Crippen LogP contribution in [-0.4, -0.2) is 119 Å². The molecule has 2 bridgehead atoms. The smallest absolute Gasteiger partial charge is 0.410 e. The Balaban J connectivity index is 1.17. The van der Waals surface area contributed by atoms with Gasteiger partial charge < -0.3 is 33.7 Å². The van der Waals surface area contributed by atoms with Crippen LogP contribution in [0.25, 0.3) is 32.9 Å². The largest absolute Gasteiger partial charge is 0.475 e. The lowest BCUT2D eigenvalue weighted by molar-refractivity contribution is 0.00537. The van der Waals surface area contributed by atoms with E-state index >= 15 is 8.78 Å². The topological polar surface area (TPSA) is 132 Å². The molecule has 3 fully saturated rings. The third-order valence-electron chi connectivity index (χ3n) is 12.2. The van der Waals surface area contributed by atoms with E-state index in [1.54, 1.807) is 18.2 Å². The minimum Gasteiger partial charge on any atom is -0.475 e. The Morgan fingerprint density at radius 2 is 1.90 bits per heavy atom. The van der Waals surface area contributed by atoms with E-state index in [4.69, 9.17) is 38.6 Å². The number of benzene rings is 2. The number of amides is 1. The molecule has 308 valence electrons. The van der Waals surface area contributed by atoms with Gasteiger partial charge in [0.25, 0.3) is 0 Å². The molecule has 4 aromatic rings. The lowest BCUT2D eigenvalue weighted by atomic mass is 9.94. The second kappa shape index (κ2) is 14.8. The summed E-state index contributed by atoms with van der Waals surface area (Å²) >= 11 is 0. The van der Waals surface area contributed by atoms with Crippen molar-refractivity contribution in [3.63, 3.8) is 0 Å². The SMILES string of the molecule is CCc1c(F)ccc2cc(OCOC)cc(-c3nc4c5c(nc(OCC6(CN7CC=C[C@H]7CO)CC6)nc5c3F)N3C[C@H]5CC[C@@H]([C@H]3CO4)N5C(=O)OC(C)(C)C)c12. The van der Waals surface area contributed by atoms with Gasteiger partial charge in [-0.1, -0.05) is 25.1 Å². The molecular weight excluding hydrogens is 751 g/mol. The minimum atomic E-state index is -0.740. The summed E-state index contributed by atoms with van der Waals surface area (Å²) < 4.78 is 63.0. The number of halogens is 2. The minimum absolute atomic E-state index is 0.0129. The molecule has 4 aliphatic heterocycles. The number of rotatable bonds is 11. The normalized spacial score (nSPS) is 23.2. The Morgan fingerprint density at radius 3 is 2.64 bits per heavy atom. The van der Waals surface area contributed by atoms with Crippen molar-refractivity contribution in [1.29, 1.82) is 0 Å². The number of nitrogens with zero attached hydrogens (tertiary/aromatic N) is 6. The Labute approximate surface area is 335 Å². The van der Waals surface area contributed by atoms with Crippen LogP contribution in [0, 0.1) is 17.0 Å². The Morgan fingerprint density at radius 1 is 1.07 bits per heavy atom. The van der Waals surface area contributed by atoms with Gasteiger partial charge in [-0.3, -0.25) is 9.80 Å². The fourth-order valence-corrected chi connectivity index (χ4v) is 9.28. The zero-order valence-corrected chi connectivity index (χ0v) is 33.6. The maximum absolute atomic E-state index is 17.6. The lowest BCUT2D eigenvalue weighted by Crippen LogP contribution is -2.63. The van der Waals surface area contributed by atoms with Gasteiger partial charge in [0, 0.05) is 37.7 Å². The van der Waals surface area contributed by atoms with Gasteiger partial charge in [-0.25, -0.2) is 18.6 Å². The van der Waals surface area contributed by atoms with Gasteiger partial charge >= 0.3 is 12.1 Å². The number of fused-ring (bicyclic) bond motifs is 6. The quantitative estimate of drug-likeness (QED) is 0.133. The third-order valence-corrected chi connectivity index (χ3v) is 12.2. The molecule has 5 aliphatic rings. The number of aryl methyl sites for hydroxylation is 1. The van der Waals surface area contributed by atoms with Crippen LogP contribution in [0.2, 0.25) is 0 Å². The predicted molar refractivity (Wildman–Crippen MR) is 212 cm³/mol. The maximum Gasteiger partial charge on any atom is 0.410 e. The highest BCUT2D eigenvalue weighted by Gasteiger charge is 2.52. The summed E-state index contributed by atoms with van der Waals surface area (Å²) in [6.07, 6.45) is 7.42. The summed E-state index contributed by atoms with van der Waals surface area (Å²) in [6.45, 7) is 9.72. The number of anilines is 1. The average Bonchev–Trinajstić information content (AvgIpc) is 3.73. The summed E-state index contributed by atoms with van der Waals surface area (Å²) in [4.78, 5) is 34.4. The molecular formula is C43H50F2N6O7. The summed E-state index contributed by atoms with van der Waals surface area (Å²) in [5.74, 6) is -0.213. The summed E-state index contributed by atoms with van der Waals surface area (Å²) in [6, 6.07) is 5.63. The van der Waals surface area contributed by atoms with Crippen molar-refractivity contribution in [3.8, 4) is 28.9 Å². The van der Waals surface area contributed by atoms with Crippen LogP contribution in [0.15, 0.2) is 36.4 Å². The fourth-order valence-electron chi connectivity index (χ4n) is 9.28. The molecule has 0 unspecified atom stereocenters. The second-order valence-electron chi connectivity index (χ2n) is 17.2. The van der Waals surface area contributed by atoms with Crippen LogP contribution in [0.3, 0.4) is 0 Å². The zero-order chi connectivity index (χ0) is 40.5. The number of methoxy groups -OCH3 is 1. The number of aromatic nitrogens is 3. The van der Waals surface area contributed by atoms with Crippen molar-refractivity contribution in [2.45, 2.75) is 89.6 Å². The molecule has 0 spiro atoms. The molecule has 15 heteroatoms. The van der Waals surface area contributed by atoms with Crippen LogP contribution in [0.5, 0.6) is 17.6 Å². The number of pyridine rings is 1. The average molecular weight is 801 g/mol. The predicted octanol–water partition coefficient (Wildman–Crippen LogP) is 6.41. The number of piperazine rings is 1. The van der Waals surface area contributed by atoms with Crippen LogP contribution >= 0.6 is 0 Å². The molecule has 2 aromatic heterocycles. The summed E-state index contributed by atoms with van der Waals surface area (Å²) in [7, 11) is 1.51. The summed E-state index contributed by atoms with van der Waals surface area (Å²) in [5, 5.41) is 11.4. The maximum atomic E-state index is 17.6. The highest BCUT2D eigenvalue weighted by atomic mass is 19.1. The number of hydrogen-bond acceptors (Lipinski definition) is 12. The van der Waals surface area contributed by atoms with Gasteiger partial charge in [0.05, 0.1) is 37.4 Å². The first-order valence-corrected chi connectivity index (χ1v) is 20.2. The number of hydrogen-bond donors (Lipinski definition) is 1. The van der Waals surface area contributed by atoms with Crippen LogP contribution in [0.4, 0.5) is 19.4 Å². The van der Waals surface area contributed by atoms with Gasteiger partial charge in [0.1, 0.15) is 46.2 Å². The van der Waals surface area contributed by atoms with Gasteiger partial charge in [-0.2, -0.15) is 9.97 Å². The van der Waals surface area contributed by atoms with Gasteiger partial charge in [0.2, 0.25) is 5.88 Å². The van der Waals surface area contributed by atoms with Crippen molar-refractivity contribution in [2.75, 3.05) is 58.3 Å². The molecule has 6 heterocycles. The monoisotopic (exact) mass is 800 g/mol. The number of aliphatic hydroxyl groups excluding tert-OH is 1. The Kier molecular flexibility index (Phi) is 9.83. The van der Waals surface area contributed by atoms with Crippen molar-refractivity contribution < 1.29 is 42.4 Å². The van der Waals surface area contributed by atoms with Crippen LogP contribution < -0.4 is 19.1 Å². The van der Waals surface area contributed by atoms with Crippen LogP contribution in [0.1, 0.15) is 58.9 Å². The summed E-state index contributed by atoms with van der Waals surface area (Å²) in [5.41, 5.74) is -0.236. The molecule has 1 amide bonds. The van der Waals surface area contributed by atoms with E-state index in [-0.39, 0.29) is 78.8 Å². The first kappa shape index (κ1) is 38.6. The number of aliphatic hydroxyl groups is 1. The van der Waals surface area contributed by atoms with Gasteiger partial charge in [-0.05, 0) is 87.4 Å². The number of carbonyl (C=O) groups is 1.